The predicted octanol–water partition coefficient (Wildman–Crippen LogP) is 4.45. The Morgan fingerprint density at radius 2 is 1.22 bits per heavy atom. The van der Waals surface area contributed by atoms with E-state index >= 15 is 0 Å². The molecule has 0 saturated carbocycles. The Kier molecular flexibility index (Phi) is 2.77. The van der Waals surface area contributed by atoms with E-state index in [-0.39, 0.29) is 0 Å². The number of rotatable bonds is 2. The van der Waals surface area contributed by atoms with E-state index in [0.717, 1.165) is 0 Å². The Hall–Kier alpha value is -1.86. The van der Waals surface area contributed by atoms with Crippen molar-refractivity contribution in [2.75, 3.05) is 7.11 Å². The van der Waals surface area contributed by atoms with Gasteiger partial charge >= 0.3 is 0 Å². The molecule has 0 aliphatic heterocycles. The van der Waals surface area contributed by atoms with Gasteiger partial charge in [0.15, 0.2) is 0 Å². The van der Waals surface area contributed by atoms with Crippen LogP contribution in [0, 0.1) is 6.92 Å². The van der Waals surface area contributed by atoms with Crippen LogP contribution in [0.5, 0.6) is 0 Å². The van der Waals surface area contributed by atoms with Crippen molar-refractivity contribution < 1.29 is 4.74 Å². The Bertz CT molecular complexity index is 656. The average molecular weight is 236 g/mol. The molecule has 0 aromatic heterocycles. The third kappa shape index (κ3) is 1.59. The highest BCUT2D eigenvalue weighted by Crippen LogP contribution is 2.32. The van der Waals surface area contributed by atoms with Gasteiger partial charge in [-0.25, -0.2) is 0 Å². The lowest BCUT2D eigenvalue weighted by Crippen LogP contribution is -1.94. The van der Waals surface area contributed by atoms with Crippen LogP contribution < -0.4 is 0 Å². The molecule has 1 heteroatoms. The number of ether oxygens (including phenoxy) is 1. The van der Waals surface area contributed by atoms with Gasteiger partial charge in [0.25, 0.3) is 0 Å². The van der Waals surface area contributed by atoms with Crippen LogP contribution in [0.25, 0.3) is 21.5 Å². The first-order chi connectivity index (χ1) is 8.83. The summed E-state index contributed by atoms with van der Waals surface area (Å²) in [6.45, 7) is 2.85. The molecule has 0 amide bonds. The summed E-state index contributed by atoms with van der Waals surface area (Å²) in [7, 11) is 1.75. The maximum absolute atomic E-state index is 5.38. The second-order valence-corrected chi connectivity index (χ2v) is 4.63. The summed E-state index contributed by atoms with van der Waals surface area (Å²) in [5.74, 6) is 0. The first-order valence-corrected chi connectivity index (χ1v) is 6.21. The molecule has 3 rings (SSSR count). The molecule has 0 spiro atoms. The molecule has 0 bridgehead atoms. The van der Waals surface area contributed by atoms with Crippen LogP contribution in [0.4, 0.5) is 0 Å². The van der Waals surface area contributed by atoms with E-state index in [0.29, 0.717) is 6.61 Å². The van der Waals surface area contributed by atoms with Crippen LogP contribution in [-0.2, 0) is 11.3 Å². The van der Waals surface area contributed by atoms with Crippen molar-refractivity contribution >= 4 is 21.5 Å². The molecule has 0 aliphatic rings. The number of hydrogen-bond donors (Lipinski definition) is 0. The van der Waals surface area contributed by atoms with Crippen molar-refractivity contribution in [3.8, 4) is 0 Å². The predicted molar refractivity (Wildman–Crippen MR) is 76.9 cm³/mol. The van der Waals surface area contributed by atoms with Gasteiger partial charge < -0.3 is 4.74 Å². The molecule has 0 fully saturated rings. The van der Waals surface area contributed by atoms with E-state index in [2.05, 4.69) is 55.5 Å². The Labute approximate surface area is 107 Å². The highest BCUT2D eigenvalue weighted by Gasteiger charge is 2.10. The first-order valence-electron chi connectivity index (χ1n) is 6.21. The quantitative estimate of drug-likeness (QED) is 0.597. The zero-order chi connectivity index (χ0) is 12.5. The van der Waals surface area contributed by atoms with E-state index in [1.54, 1.807) is 7.11 Å². The molecular formula is C17H16O. The Morgan fingerprint density at radius 3 is 1.67 bits per heavy atom. The van der Waals surface area contributed by atoms with Crippen LogP contribution >= 0.6 is 0 Å². The van der Waals surface area contributed by atoms with Gasteiger partial charge in [0.05, 0.1) is 6.61 Å². The fourth-order valence-electron chi connectivity index (χ4n) is 2.74. The van der Waals surface area contributed by atoms with Gasteiger partial charge in [0.2, 0.25) is 0 Å². The fraction of sp³-hybridized carbons (Fsp3) is 0.176. The molecule has 90 valence electrons. The lowest BCUT2D eigenvalue weighted by atomic mass is 9.93. The van der Waals surface area contributed by atoms with Gasteiger partial charge in [-0.1, -0.05) is 48.5 Å². The topological polar surface area (TPSA) is 9.23 Å². The third-order valence-corrected chi connectivity index (χ3v) is 3.60. The number of benzene rings is 3. The largest absolute Gasteiger partial charge is 0.380 e. The van der Waals surface area contributed by atoms with Gasteiger partial charge in [0, 0.05) is 7.11 Å². The molecule has 18 heavy (non-hydrogen) atoms. The van der Waals surface area contributed by atoms with Crippen LogP contribution in [-0.4, -0.2) is 7.11 Å². The first kappa shape index (κ1) is 11.2. The molecule has 3 aromatic carbocycles. The van der Waals surface area contributed by atoms with E-state index in [9.17, 15) is 0 Å². The van der Waals surface area contributed by atoms with Gasteiger partial charge in [-0.3, -0.25) is 0 Å². The number of methoxy groups -OCH3 is 1. The molecule has 1 nitrogen and oxygen atoms in total. The van der Waals surface area contributed by atoms with Crippen molar-refractivity contribution in [2.24, 2.45) is 0 Å². The van der Waals surface area contributed by atoms with E-state index in [1.807, 2.05) is 0 Å². The van der Waals surface area contributed by atoms with E-state index in [1.165, 1.54) is 32.7 Å². The second-order valence-electron chi connectivity index (χ2n) is 4.63. The minimum atomic E-state index is 0.654. The van der Waals surface area contributed by atoms with Crippen LogP contribution in [0.15, 0.2) is 48.5 Å². The number of aryl methyl sites for hydroxylation is 1. The molecule has 0 heterocycles. The molecule has 0 radical (unpaired) electrons. The van der Waals surface area contributed by atoms with Gasteiger partial charge in [-0.15, -0.1) is 0 Å². The number of fused-ring (bicyclic) bond motifs is 2. The van der Waals surface area contributed by atoms with Gasteiger partial charge in [0.1, 0.15) is 0 Å². The molecule has 0 aliphatic carbocycles. The van der Waals surface area contributed by atoms with Crippen LogP contribution in [0.3, 0.4) is 0 Å². The molecule has 0 N–H and O–H groups in total. The third-order valence-electron chi connectivity index (χ3n) is 3.60. The average Bonchev–Trinajstić information content (AvgIpc) is 2.43. The molecule has 0 saturated heterocycles. The Morgan fingerprint density at radius 1 is 0.778 bits per heavy atom. The van der Waals surface area contributed by atoms with Crippen molar-refractivity contribution in [3.63, 3.8) is 0 Å². The van der Waals surface area contributed by atoms with Crippen molar-refractivity contribution in [2.45, 2.75) is 13.5 Å². The molecule has 0 atom stereocenters. The summed E-state index contributed by atoms with van der Waals surface area (Å²) in [5.41, 5.74) is 2.63. The lowest BCUT2D eigenvalue weighted by molar-refractivity contribution is 0.187. The highest BCUT2D eigenvalue weighted by molar-refractivity contribution is 6.05. The monoisotopic (exact) mass is 236 g/mol. The SMILES string of the molecule is COCc1c2ccccc2c(C)c2ccccc12. The standard InChI is InChI=1S/C17H16O/c1-12-13-7-3-5-9-15(13)17(11-18-2)16-10-6-4-8-14(12)16/h3-10H,11H2,1-2H3. The minimum absolute atomic E-state index is 0.654. The van der Waals surface area contributed by atoms with Gasteiger partial charge in [-0.2, -0.15) is 0 Å². The van der Waals surface area contributed by atoms with E-state index in [4.69, 9.17) is 4.74 Å². The summed E-state index contributed by atoms with van der Waals surface area (Å²) in [6, 6.07) is 17.1. The van der Waals surface area contributed by atoms with Crippen LogP contribution in [0.1, 0.15) is 11.1 Å². The maximum Gasteiger partial charge on any atom is 0.0725 e. The van der Waals surface area contributed by atoms with Gasteiger partial charge in [-0.05, 0) is 39.6 Å². The fourth-order valence-corrected chi connectivity index (χ4v) is 2.74. The molecular weight excluding hydrogens is 220 g/mol. The lowest BCUT2D eigenvalue weighted by Gasteiger charge is -2.13. The zero-order valence-electron chi connectivity index (χ0n) is 10.7. The minimum Gasteiger partial charge on any atom is -0.380 e. The summed E-state index contributed by atoms with van der Waals surface area (Å²) in [4.78, 5) is 0. The summed E-state index contributed by atoms with van der Waals surface area (Å²) in [5, 5.41) is 5.25. The molecule has 0 unspecified atom stereocenters. The molecule has 3 aromatic rings. The number of hydrogen-bond acceptors (Lipinski definition) is 1. The van der Waals surface area contributed by atoms with Crippen molar-refractivity contribution in [1.29, 1.82) is 0 Å². The van der Waals surface area contributed by atoms with Crippen molar-refractivity contribution in [1.82, 2.24) is 0 Å². The van der Waals surface area contributed by atoms with E-state index < -0.39 is 0 Å². The summed E-state index contributed by atoms with van der Waals surface area (Å²) in [6.07, 6.45) is 0. The second kappa shape index (κ2) is 4.43. The Balaban J connectivity index is 2.54. The smallest absolute Gasteiger partial charge is 0.0725 e. The van der Waals surface area contributed by atoms with Crippen LogP contribution in [0.2, 0.25) is 0 Å². The highest BCUT2D eigenvalue weighted by atomic mass is 16.5. The normalized spacial score (nSPS) is 11.2. The van der Waals surface area contributed by atoms with Crippen molar-refractivity contribution in [3.05, 3.63) is 59.7 Å². The maximum atomic E-state index is 5.38. The zero-order valence-corrected chi connectivity index (χ0v) is 10.7. The summed E-state index contributed by atoms with van der Waals surface area (Å²) < 4.78 is 5.38. The summed E-state index contributed by atoms with van der Waals surface area (Å²) >= 11 is 0.